The molecule has 2 unspecified atom stereocenters. The van der Waals surface area contributed by atoms with Crippen molar-refractivity contribution in [1.82, 2.24) is 0 Å². The van der Waals surface area contributed by atoms with Gasteiger partial charge in [-0.25, -0.2) is 4.79 Å². The summed E-state index contributed by atoms with van der Waals surface area (Å²) in [7, 11) is 1.56. The molecule has 1 heterocycles. The maximum atomic E-state index is 14.2. The zero-order valence-corrected chi connectivity index (χ0v) is 28.4. The van der Waals surface area contributed by atoms with Gasteiger partial charge in [0.2, 0.25) is 5.91 Å². The summed E-state index contributed by atoms with van der Waals surface area (Å²) < 4.78 is 10.7. The fraction of sp³-hybridized carbons (Fsp3) is 0.205. The van der Waals surface area contributed by atoms with Crippen LogP contribution in [-0.4, -0.2) is 31.5 Å². The Hall–Kier alpha value is -4.86. The number of hydrogen-bond donors (Lipinski definition) is 2. The van der Waals surface area contributed by atoms with Crippen molar-refractivity contribution < 1.29 is 23.9 Å². The van der Waals surface area contributed by atoms with Gasteiger partial charge in [0, 0.05) is 21.0 Å². The van der Waals surface area contributed by atoms with Crippen molar-refractivity contribution in [2.24, 2.45) is 0 Å². The predicted molar refractivity (Wildman–Crippen MR) is 193 cm³/mol. The maximum absolute atomic E-state index is 14.2. The third-order valence-electron chi connectivity index (χ3n) is 8.27. The van der Waals surface area contributed by atoms with Crippen molar-refractivity contribution in [3.63, 3.8) is 0 Å². The molecule has 0 aliphatic heterocycles. The van der Waals surface area contributed by atoms with E-state index in [2.05, 4.69) is 34.9 Å². The summed E-state index contributed by atoms with van der Waals surface area (Å²) in [6, 6.07) is 34.4. The number of methoxy groups -OCH3 is 1. The molecule has 0 saturated carbocycles. The molecule has 244 valence electrons. The molecule has 0 fully saturated rings. The smallest absolute Gasteiger partial charge is 0.341 e. The maximum Gasteiger partial charge on any atom is 0.341 e. The number of fused-ring (bicyclic) bond motifs is 1. The van der Waals surface area contributed by atoms with Crippen molar-refractivity contribution in [2.45, 2.75) is 42.2 Å². The number of carbonyl (C=O) groups excluding carboxylic acids is 3. The monoisotopic (exact) mass is 676 g/mol. The number of anilines is 2. The van der Waals surface area contributed by atoms with E-state index < -0.39 is 11.2 Å². The van der Waals surface area contributed by atoms with E-state index in [0.29, 0.717) is 33.5 Å². The minimum Gasteiger partial charge on any atom is -0.497 e. The lowest BCUT2D eigenvalue weighted by Gasteiger charge is -2.23. The normalized spacial score (nSPS) is 14.3. The average Bonchev–Trinajstić information content (AvgIpc) is 3.48. The Balaban J connectivity index is 1.26. The van der Waals surface area contributed by atoms with Crippen LogP contribution < -0.4 is 15.4 Å². The lowest BCUT2D eigenvalue weighted by Crippen LogP contribution is -2.20. The number of carbonyl (C=O) groups is 3. The van der Waals surface area contributed by atoms with Gasteiger partial charge in [0.1, 0.15) is 16.0 Å². The third-order valence-corrected chi connectivity index (χ3v) is 10.7. The summed E-state index contributed by atoms with van der Waals surface area (Å²) >= 11 is 2.85. The first-order chi connectivity index (χ1) is 23.4. The largest absolute Gasteiger partial charge is 0.497 e. The highest BCUT2D eigenvalue weighted by Crippen LogP contribution is 2.44. The minimum absolute atomic E-state index is 0.247. The first-order valence-electron chi connectivity index (χ1n) is 15.9. The van der Waals surface area contributed by atoms with Gasteiger partial charge in [0.05, 0.1) is 19.3 Å². The highest BCUT2D eigenvalue weighted by molar-refractivity contribution is 8.00. The van der Waals surface area contributed by atoms with E-state index in [-0.39, 0.29) is 18.4 Å². The molecule has 2 N–H and O–H groups in total. The Bertz CT molecular complexity index is 1910. The van der Waals surface area contributed by atoms with Crippen LogP contribution in [0.15, 0.2) is 114 Å². The molecule has 9 heteroatoms. The van der Waals surface area contributed by atoms with E-state index in [0.717, 1.165) is 40.2 Å². The molecule has 0 bridgehead atoms. The summed E-state index contributed by atoms with van der Waals surface area (Å²) in [5.74, 6) is 0.0151. The molecule has 2 atom stereocenters. The average molecular weight is 677 g/mol. The number of nitrogens with one attached hydrogen (secondary N) is 2. The van der Waals surface area contributed by atoms with Crippen LogP contribution in [0.4, 0.5) is 10.7 Å². The van der Waals surface area contributed by atoms with E-state index in [9.17, 15) is 14.4 Å². The number of ether oxygens (including phenoxy) is 2. The highest BCUT2D eigenvalue weighted by atomic mass is 32.2. The molecule has 1 aromatic heterocycles. The molecule has 48 heavy (non-hydrogen) atoms. The van der Waals surface area contributed by atoms with Gasteiger partial charge in [-0.05, 0) is 85.2 Å². The van der Waals surface area contributed by atoms with Crippen LogP contribution in [-0.2, 0) is 22.4 Å². The van der Waals surface area contributed by atoms with Gasteiger partial charge >= 0.3 is 5.97 Å². The summed E-state index contributed by atoms with van der Waals surface area (Å²) in [5.41, 5.74) is 4.61. The number of rotatable bonds is 11. The number of amides is 2. The minimum atomic E-state index is -0.637. The Morgan fingerprint density at radius 3 is 2.40 bits per heavy atom. The second kappa shape index (κ2) is 15.4. The van der Waals surface area contributed by atoms with E-state index in [1.54, 1.807) is 38.3 Å². The van der Waals surface area contributed by atoms with Crippen LogP contribution in [0.2, 0.25) is 0 Å². The number of esters is 1. The van der Waals surface area contributed by atoms with Crippen LogP contribution in [0.5, 0.6) is 5.75 Å². The fourth-order valence-corrected chi connectivity index (χ4v) is 8.33. The Kier molecular flexibility index (Phi) is 10.6. The topological polar surface area (TPSA) is 93.7 Å². The zero-order chi connectivity index (χ0) is 33.5. The zero-order valence-electron chi connectivity index (χ0n) is 26.7. The van der Waals surface area contributed by atoms with Gasteiger partial charge in [-0.15, -0.1) is 23.1 Å². The van der Waals surface area contributed by atoms with Crippen molar-refractivity contribution in [3.8, 4) is 5.75 Å². The fourth-order valence-electron chi connectivity index (χ4n) is 5.93. The first kappa shape index (κ1) is 33.1. The molecule has 0 spiro atoms. The quantitative estimate of drug-likeness (QED) is 0.107. The van der Waals surface area contributed by atoms with E-state index in [1.165, 1.54) is 28.7 Å². The predicted octanol–water partition coefficient (Wildman–Crippen LogP) is 8.93. The molecule has 2 amide bonds. The third kappa shape index (κ3) is 7.64. The molecular weight excluding hydrogens is 641 g/mol. The summed E-state index contributed by atoms with van der Waals surface area (Å²) in [6.07, 6.45) is 2.46. The van der Waals surface area contributed by atoms with E-state index in [4.69, 9.17) is 9.47 Å². The second-order valence-corrected chi connectivity index (χ2v) is 13.7. The highest BCUT2D eigenvalue weighted by Gasteiger charge is 2.32. The summed E-state index contributed by atoms with van der Waals surface area (Å²) in [4.78, 5) is 42.4. The van der Waals surface area contributed by atoms with Gasteiger partial charge < -0.3 is 20.1 Å². The van der Waals surface area contributed by atoms with Gasteiger partial charge in [-0.2, -0.15) is 0 Å². The Morgan fingerprint density at radius 2 is 1.65 bits per heavy atom. The van der Waals surface area contributed by atoms with Crippen LogP contribution in [0, 0.1) is 0 Å². The standard InChI is InChI=1S/C39H36N2O5S2/c1-3-46-39(44)34-32-21-20-27(25-12-6-4-7-13-25)23-33(32)48-38(34)41-37(43)35(26-14-8-5-9-15-26)47-31-19-11-17-29(24-31)40-36(42)28-16-10-18-30(22-28)45-2/h4-19,22,24,27,35H,3,20-21,23H2,1-2H3,(H,40,42)(H,41,43). The molecule has 0 saturated heterocycles. The van der Waals surface area contributed by atoms with Crippen molar-refractivity contribution in [2.75, 3.05) is 24.4 Å². The van der Waals surface area contributed by atoms with E-state index in [1.807, 2.05) is 60.7 Å². The lowest BCUT2D eigenvalue weighted by molar-refractivity contribution is -0.115. The number of thioether (sulfide) groups is 1. The number of benzene rings is 4. The molecule has 6 rings (SSSR count). The molecule has 1 aliphatic rings. The second-order valence-electron chi connectivity index (χ2n) is 11.4. The van der Waals surface area contributed by atoms with Crippen LogP contribution >= 0.6 is 23.1 Å². The first-order valence-corrected chi connectivity index (χ1v) is 17.6. The number of thiophene rings is 1. The molecule has 7 nitrogen and oxygen atoms in total. The van der Waals surface area contributed by atoms with Gasteiger partial charge in [0.25, 0.3) is 5.91 Å². The lowest BCUT2D eigenvalue weighted by atomic mass is 9.83. The van der Waals surface area contributed by atoms with Crippen molar-refractivity contribution in [1.29, 1.82) is 0 Å². The van der Waals surface area contributed by atoms with Crippen LogP contribution in [0.25, 0.3) is 0 Å². The van der Waals surface area contributed by atoms with Crippen molar-refractivity contribution >= 4 is 51.6 Å². The van der Waals surface area contributed by atoms with Crippen LogP contribution in [0.3, 0.4) is 0 Å². The van der Waals surface area contributed by atoms with Gasteiger partial charge in [0.15, 0.2) is 0 Å². The molecule has 1 aliphatic carbocycles. The van der Waals surface area contributed by atoms with Gasteiger partial charge in [-0.1, -0.05) is 72.8 Å². The number of hydrogen-bond acceptors (Lipinski definition) is 7. The SMILES string of the molecule is CCOC(=O)c1c(NC(=O)C(Sc2cccc(NC(=O)c3cccc(OC)c3)c2)c2ccccc2)sc2c1CCC(c1ccccc1)C2. The molecular formula is C39H36N2O5S2. The van der Waals surface area contributed by atoms with Crippen molar-refractivity contribution in [3.05, 3.63) is 142 Å². The Morgan fingerprint density at radius 1 is 0.896 bits per heavy atom. The summed E-state index contributed by atoms with van der Waals surface area (Å²) in [6.45, 7) is 2.03. The van der Waals surface area contributed by atoms with Gasteiger partial charge in [-0.3, -0.25) is 9.59 Å². The summed E-state index contributed by atoms with van der Waals surface area (Å²) in [5, 5.41) is 5.97. The molecule has 5 aromatic rings. The van der Waals surface area contributed by atoms with Crippen LogP contribution in [0.1, 0.15) is 66.8 Å². The van der Waals surface area contributed by atoms with E-state index >= 15 is 0 Å². The molecule has 4 aromatic carbocycles. The molecule has 0 radical (unpaired) electrons. The Labute approximate surface area is 288 Å².